The van der Waals surface area contributed by atoms with Gasteiger partial charge in [0.1, 0.15) is 5.82 Å². The fraction of sp³-hybridized carbons (Fsp3) is 0.182. The quantitative estimate of drug-likeness (QED) is 0.118. The molecule has 0 amide bonds. The molecule has 12 aromatic rings. The number of ether oxygens (including phenoxy) is 1. The van der Waals surface area contributed by atoms with E-state index in [2.05, 4.69) is 263 Å². The predicted molar refractivity (Wildman–Crippen MR) is 296 cm³/mol. The Morgan fingerprint density at radius 2 is 1.08 bits per heavy atom. The summed E-state index contributed by atoms with van der Waals surface area (Å²) < 4.78 is 16.0. The number of aromatic nitrogens is 5. The van der Waals surface area contributed by atoms with Crippen LogP contribution in [0.2, 0.25) is 0 Å². The number of nitrogens with zero attached hydrogens (tertiary/aromatic N) is 5. The van der Waals surface area contributed by atoms with Crippen molar-refractivity contribution in [1.29, 1.82) is 0 Å². The fourth-order valence-electron chi connectivity index (χ4n) is 10.3. The normalized spacial score (nSPS) is 12.3. The second kappa shape index (κ2) is 17.9. The molecule has 0 bridgehead atoms. The standard InChI is InChI=1S/C66H57N5O.Pt/c1-64(2,3)45-32-33-67-62(38-45)71-57-29-18-15-26-54(57)63-60(70-55-27-16-13-24-52(55)53-25-14-17-28-56(53)70)40-51(41-61(63)71)72-50-23-19-22-48(39-50)68-42-69(49-36-46(65(4,5)6)35-47(37-49)66(7,8)9)59-34-44(30-31-58(59)68)43-20-11-10-12-21-43;/h10-38,40H,1-9H3;/q-2;. The maximum atomic E-state index is 7.07. The minimum absolute atomic E-state index is 0. The molecule has 0 aliphatic heterocycles. The molecule has 4 aromatic heterocycles. The number of benzene rings is 8. The summed E-state index contributed by atoms with van der Waals surface area (Å²) >= 11 is 0. The van der Waals surface area contributed by atoms with Gasteiger partial charge < -0.3 is 18.4 Å². The van der Waals surface area contributed by atoms with Gasteiger partial charge in [-0.25, -0.2) is 4.98 Å². The average Bonchev–Trinajstić information content (AvgIpc) is 4.04. The fourth-order valence-corrected chi connectivity index (χ4v) is 10.3. The van der Waals surface area contributed by atoms with Crippen LogP contribution in [0.5, 0.6) is 11.5 Å². The molecule has 0 N–H and O–H groups in total. The summed E-state index contributed by atoms with van der Waals surface area (Å²) in [6.45, 7) is 20.4. The molecule has 0 spiro atoms. The molecule has 0 saturated heterocycles. The number of rotatable bonds is 7. The van der Waals surface area contributed by atoms with Crippen LogP contribution in [0.4, 0.5) is 0 Å². The van der Waals surface area contributed by atoms with Gasteiger partial charge in [0.2, 0.25) is 0 Å². The van der Waals surface area contributed by atoms with Gasteiger partial charge in [-0.05, 0) is 109 Å². The summed E-state index contributed by atoms with van der Waals surface area (Å²) in [7, 11) is 0. The van der Waals surface area contributed by atoms with Crippen LogP contribution in [-0.4, -0.2) is 18.7 Å². The van der Waals surface area contributed by atoms with Crippen molar-refractivity contribution < 1.29 is 30.4 Å². The average molecular weight is 1130 g/mol. The third-order valence-electron chi connectivity index (χ3n) is 14.2. The van der Waals surface area contributed by atoms with E-state index in [0.717, 1.165) is 77.9 Å². The Kier molecular flexibility index (Phi) is 11.7. The van der Waals surface area contributed by atoms with Gasteiger partial charge in [-0.1, -0.05) is 176 Å². The summed E-state index contributed by atoms with van der Waals surface area (Å²) in [4.78, 5) is 5.03. The van der Waals surface area contributed by atoms with E-state index in [1.807, 2.05) is 18.3 Å². The molecule has 0 atom stereocenters. The van der Waals surface area contributed by atoms with E-state index in [1.54, 1.807) is 0 Å². The maximum Gasteiger partial charge on any atom is 0.268 e. The van der Waals surface area contributed by atoms with E-state index in [0.29, 0.717) is 11.5 Å². The van der Waals surface area contributed by atoms with Gasteiger partial charge in [0.25, 0.3) is 6.33 Å². The molecule has 12 rings (SSSR count). The number of fused-ring (bicyclic) bond motifs is 7. The van der Waals surface area contributed by atoms with Crippen LogP contribution in [0.15, 0.2) is 182 Å². The Hall–Kier alpha value is -7.53. The van der Waals surface area contributed by atoms with Crippen molar-refractivity contribution in [3.8, 4) is 45.5 Å². The predicted octanol–water partition coefficient (Wildman–Crippen LogP) is 16.2. The molecule has 0 unspecified atom stereocenters. The summed E-state index contributed by atoms with van der Waals surface area (Å²) in [6.07, 6.45) is 5.74. The summed E-state index contributed by atoms with van der Waals surface area (Å²) in [5, 5.41) is 4.53. The molecule has 0 radical (unpaired) electrons. The molecule has 73 heavy (non-hydrogen) atoms. The Balaban J connectivity index is 0.00000574. The number of imidazole rings is 1. The topological polar surface area (TPSA) is 40.8 Å². The first-order valence-electron chi connectivity index (χ1n) is 25.0. The number of hydrogen-bond acceptors (Lipinski definition) is 2. The molecule has 6 nitrogen and oxygen atoms in total. The van der Waals surface area contributed by atoms with Crippen LogP contribution in [-0.2, 0) is 37.3 Å². The van der Waals surface area contributed by atoms with E-state index in [4.69, 9.17) is 9.72 Å². The molecule has 0 aliphatic carbocycles. The Morgan fingerprint density at radius 1 is 0.479 bits per heavy atom. The maximum absolute atomic E-state index is 7.07. The zero-order chi connectivity index (χ0) is 49.7. The largest absolute Gasteiger partial charge is 0.510 e. The van der Waals surface area contributed by atoms with E-state index in [9.17, 15) is 0 Å². The van der Waals surface area contributed by atoms with Gasteiger partial charge in [0.05, 0.1) is 27.8 Å². The summed E-state index contributed by atoms with van der Waals surface area (Å²) in [5.74, 6) is 1.94. The van der Waals surface area contributed by atoms with Crippen molar-refractivity contribution >= 4 is 54.6 Å². The molecule has 0 saturated carbocycles. The Morgan fingerprint density at radius 3 is 1.73 bits per heavy atom. The first-order chi connectivity index (χ1) is 34.6. The third kappa shape index (κ3) is 8.46. The molecule has 364 valence electrons. The van der Waals surface area contributed by atoms with Gasteiger partial charge in [-0.15, -0.1) is 24.3 Å². The van der Waals surface area contributed by atoms with Crippen LogP contribution in [0.25, 0.3) is 88.7 Å². The van der Waals surface area contributed by atoms with Crippen molar-refractivity contribution in [2.75, 3.05) is 0 Å². The molecule has 0 fully saturated rings. The molecular weight excluding hydrogens is 1070 g/mol. The summed E-state index contributed by atoms with van der Waals surface area (Å²) in [5.41, 5.74) is 14.8. The van der Waals surface area contributed by atoms with Crippen molar-refractivity contribution in [2.24, 2.45) is 0 Å². The minimum Gasteiger partial charge on any atom is -0.510 e. The van der Waals surface area contributed by atoms with Gasteiger partial charge in [0.15, 0.2) is 0 Å². The second-order valence-corrected chi connectivity index (χ2v) is 22.2. The first kappa shape index (κ1) is 47.8. The Labute approximate surface area is 442 Å². The number of hydrogen-bond donors (Lipinski definition) is 0. The van der Waals surface area contributed by atoms with Crippen molar-refractivity contribution in [1.82, 2.24) is 18.7 Å². The number of para-hydroxylation sites is 3. The van der Waals surface area contributed by atoms with Gasteiger partial charge in [-0.3, -0.25) is 4.57 Å². The Bertz CT molecular complexity index is 3990. The first-order valence-corrected chi connectivity index (χ1v) is 25.0. The second-order valence-electron chi connectivity index (χ2n) is 22.2. The van der Waals surface area contributed by atoms with Gasteiger partial charge in [-0.2, -0.15) is 12.1 Å². The van der Waals surface area contributed by atoms with Crippen LogP contribution >= 0.6 is 0 Å². The van der Waals surface area contributed by atoms with Crippen LogP contribution in [0, 0.1) is 18.5 Å². The van der Waals surface area contributed by atoms with Crippen LogP contribution < -0.4 is 9.30 Å². The summed E-state index contributed by atoms with van der Waals surface area (Å²) in [6, 6.07) is 70.2. The number of pyridine rings is 1. The van der Waals surface area contributed by atoms with Crippen molar-refractivity contribution in [2.45, 2.75) is 78.6 Å². The van der Waals surface area contributed by atoms with Crippen LogP contribution in [0.3, 0.4) is 0 Å². The molecule has 0 aliphatic rings. The van der Waals surface area contributed by atoms with Gasteiger partial charge in [0, 0.05) is 55.1 Å². The van der Waals surface area contributed by atoms with Gasteiger partial charge >= 0.3 is 0 Å². The molecule has 8 aromatic carbocycles. The van der Waals surface area contributed by atoms with Crippen molar-refractivity contribution in [3.63, 3.8) is 0 Å². The smallest absolute Gasteiger partial charge is 0.268 e. The van der Waals surface area contributed by atoms with E-state index >= 15 is 0 Å². The van der Waals surface area contributed by atoms with Crippen LogP contribution in [0.1, 0.15) is 79.0 Å². The van der Waals surface area contributed by atoms with E-state index < -0.39 is 0 Å². The zero-order valence-corrected chi connectivity index (χ0v) is 45.1. The molecule has 7 heteroatoms. The van der Waals surface area contributed by atoms with Crippen molar-refractivity contribution in [3.05, 3.63) is 217 Å². The van der Waals surface area contributed by atoms with E-state index in [-0.39, 0.29) is 37.3 Å². The molecule has 4 heterocycles. The third-order valence-corrected chi connectivity index (χ3v) is 14.2. The zero-order valence-electron chi connectivity index (χ0n) is 42.8. The monoisotopic (exact) mass is 1130 g/mol. The SMILES string of the molecule is CC(C)(C)c1cc(-[n+]2[c-]n(-c3[c-]c(Oc4[c-]c5c(c(-n6c7ccccc7c7ccccc76)c4)c4ccccc4n5-c4cc(C(C)(C)C)ccn4)ccc3)c3ccc(-c4ccccc4)cc32)cc(C(C)(C)C)c1.[Pt]. The molecular formula is C66H57N5OPt-2. The van der Waals surface area contributed by atoms with E-state index in [1.165, 1.54) is 27.5 Å². The minimum atomic E-state index is -0.0822.